The number of carbonyl (C=O) groups is 5. The van der Waals surface area contributed by atoms with E-state index < -0.39 is 23.7 Å². The molecule has 1 heterocycles. The molecule has 0 radical (unpaired) electrons. The first-order chi connectivity index (χ1) is 20.2. The average Bonchev–Trinajstić information content (AvgIpc) is 3.77. The van der Waals surface area contributed by atoms with Crippen LogP contribution in [0.4, 0.5) is 0 Å². The van der Waals surface area contributed by atoms with Crippen LogP contribution >= 0.6 is 0 Å². The molecule has 10 nitrogen and oxygen atoms in total. The summed E-state index contributed by atoms with van der Waals surface area (Å²) in [5.74, 6) is -1.52. The molecule has 3 fully saturated rings. The molecule has 0 aromatic rings. The fraction of sp³-hybridized carbons (Fsp3) is 0.719. The van der Waals surface area contributed by atoms with E-state index in [1.54, 1.807) is 6.29 Å². The van der Waals surface area contributed by atoms with E-state index in [0.29, 0.717) is 18.4 Å². The Morgan fingerprint density at radius 1 is 1.02 bits per heavy atom. The molecular formula is C32H48N4NdO6-2. The molecule has 0 bridgehead atoms. The van der Waals surface area contributed by atoms with Gasteiger partial charge >= 0.3 is 0 Å². The van der Waals surface area contributed by atoms with Gasteiger partial charge in [0.15, 0.2) is 0 Å². The monoisotopic (exact) mass is 726 g/mol. The van der Waals surface area contributed by atoms with Crippen molar-refractivity contribution in [2.24, 2.45) is 11.8 Å². The number of nitrogens with one attached hydrogen (secondary N) is 3. The number of allylic oxidation sites excluding steroid dienone is 1. The van der Waals surface area contributed by atoms with Crippen LogP contribution in [0.2, 0.25) is 0 Å². The Hall–Kier alpha value is -1.69. The number of ketones is 1. The molecule has 11 heteroatoms. The number of hydrogen-bond acceptors (Lipinski definition) is 6. The third-order valence-corrected chi connectivity index (χ3v) is 9.33. The average molecular weight is 729 g/mol. The SMILES string of the molecule is CC1=C(C(=O)NC(C(=O)N2CCCC2C)C2CCCC2)CC1.[CH2-]CC([C-]=O)CC(NC=O)C(=O)C(=O)NC1CCCC1.[Nd]. The third-order valence-electron chi connectivity index (χ3n) is 9.33. The van der Waals surface area contributed by atoms with Gasteiger partial charge in [-0.15, -0.1) is 0 Å². The van der Waals surface area contributed by atoms with Crippen LogP contribution in [-0.2, 0) is 28.8 Å². The second-order valence-electron chi connectivity index (χ2n) is 12.3. The van der Waals surface area contributed by atoms with Gasteiger partial charge in [0.25, 0.3) is 5.91 Å². The normalized spacial score (nSPS) is 22.2. The summed E-state index contributed by atoms with van der Waals surface area (Å²) in [4.78, 5) is 72.5. The van der Waals surface area contributed by atoms with Gasteiger partial charge in [-0.25, -0.2) is 6.42 Å². The van der Waals surface area contributed by atoms with Gasteiger partial charge in [-0.1, -0.05) is 31.3 Å². The van der Waals surface area contributed by atoms with E-state index in [1.165, 1.54) is 18.4 Å². The van der Waals surface area contributed by atoms with Crippen molar-refractivity contribution in [3.63, 3.8) is 0 Å². The molecule has 4 amide bonds. The summed E-state index contributed by atoms with van der Waals surface area (Å²) in [5.41, 5.74) is 2.09. The van der Waals surface area contributed by atoms with E-state index in [4.69, 9.17) is 0 Å². The molecule has 4 rings (SSSR count). The van der Waals surface area contributed by atoms with E-state index in [1.807, 2.05) is 11.8 Å². The predicted octanol–water partition coefficient (Wildman–Crippen LogP) is 2.85. The van der Waals surface area contributed by atoms with Gasteiger partial charge < -0.3 is 32.6 Å². The molecular weight excluding hydrogens is 681 g/mol. The zero-order valence-corrected chi connectivity index (χ0v) is 29.0. The molecule has 4 aliphatic rings. The summed E-state index contributed by atoms with van der Waals surface area (Å²) in [5, 5.41) is 8.06. The minimum atomic E-state index is -0.998. The maximum absolute atomic E-state index is 13.0. The molecule has 238 valence electrons. The van der Waals surface area contributed by atoms with Crippen LogP contribution in [0, 0.1) is 59.6 Å². The van der Waals surface area contributed by atoms with Crippen molar-refractivity contribution in [2.45, 2.75) is 128 Å². The molecule has 43 heavy (non-hydrogen) atoms. The Bertz CT molecular complexity index is 1020. The number of amides is 4. The largest absolute Gasteiger partial charge is 0.542 e. The van der Waals surface area contributed by atoms with Gasteiger partial charge in [0.1, 0.15) is 6.04 Å². The van der Waals surface area contributed by atoms with Crippen LogP contribution in [0.5, 0.6) is 0 Å². The molecule has 3 aliphatic carbocycles. The van der Waals surface area contributed by atoms with Crippen molar-refractivity contribution < 1.29 is 69.6 Å². The van der Waals surface area contributed by atoms with E-state index in [0.717, 1.165) is 76.3 Å². The van der Waals surface area contributed by atoms with Crippen molar-refractivity contribution in [2.75, 3.05) is 6.54 Å². The summed E-state index contributed by atoms with van der Waals surface area (Å²) >= 11 is 0. The van der Waals surface area contributed by atoms with E-state index >= 15 is 0 Å². The van der Waals surface area contributed by atoms with Gasteiger partial charge in [0, 0.05) is 65.0 Å². The Kier molecular flexibility index (Phi) is 16.5. The predicted molar refractivity (Wildman–Crippen MR) is 158 cm³/mol. The topological polar surface area (TPSA) is 142 Å². The minimum Gasteiger partial charge on any atom is -0.542 e. The molecule has 0 spiro atoms. The summed E-state index contributed by atoms with van der Waals surface area (Å²) in [7, 11) is 0. The molecule has 1 saturated heterocycles. The molecule has 1 aliphatic heterocycles. The van der Waals surface area contributed by atoms with Crippen molar-refractivity contribution in [1.29, 1.82) is 0 Å². The Balaban J connectivity index is 0.000000295. The number of Topliss-reactive ketones (excluding diaryl/α,β-unsaturated/α-hetero) is 1. The maximum atomic E-state index is 13.0. The molecule has 4 unspecified atom stereocenters. The molecule has 4 atom stereocenters. The van der Waals surface area contributed by atoms with Gasteiger partial charge in [0.2, 0.25) is 24.0 Å². The Morgan fingerprint density at radius 3 is 2.16 bits per heavy atom. The Morgan fingerprint density at radius 2 is 1.67 bits per heavy atom. The van der Waals surface area contributed by atoms with E-state index in [-0.39, 0.29) is 77.6 Å². The number of rotatable bonds is 13. The van der Waals surface area contributed by atoms with Crippen molar-refractivity contribution in [3.05, 3.63) is 18.1 Å². The number of nitrogens with zero attached hydrogens (tertiary/aromatic N) is 1. The Labute approximate surface area is 289 Å². The summed E-state index contributed by atoms with van der Waals surface area (Å²) in [6.07, 6.45) is 14.8. The summed E-state index contributed by atoms with van der Waals surface area (Å²) < 4.78 is 0. The summed E-state index contributed by atoms with van der Waals surface area (Å²) in [6, 6.07) is -0.957. The summed E-state index contributed by atoms with van der Waals surface area (Å²) in [6.45, 7) is 8.56. The number of likely N-dealkylation sites (tertiary alicyclic amines) is 1. The van der Waals surface area contributed by atoms with Gasteiger partial charge in [0.05, 0.1) is 6.04 Å². The van der Waals surface area contributed by atoms with Crippen LogP contribution in [0.15, 0.2) is 11.1 Å². The molecule has 2 saturated carbocycles. The van der Waals surface area contributed by atoms with Crippen molar-refractivity contribution in [3.8, 4) is 0 Å². The zero-order chi connectivity index (χ0) is 30.6. The second-order valence-corrected chi connectivity index (χ2v) is 12.3. The van der Waals surface area contributed by atoms with Crippen LogP contribution in [0.1, 0.15) is 104 Å². The van der Waals surface area contributed by atoms with Crippen LogP contribution in [0.25, 0.3) is 0 Å². The zero-order valence-electron chi connectivity index (χ0n) is 25.8. The first kappa shape index (κ1) is 37.5. The molecule has 0 aromatic carbocycles. The standard InChI is InChI=1S/C18H28N2O2.C14H20N2O4.Nd/c1-12-9-10-15(12)17(21)19-16(14-7-3-4-8-14)18(22)20-11-5-6-13(20)2;1-2-10(8-17)7-12(15-9-18)13(19)14(20)16-11-5-3-4-6-11;/h13-14,16H,3-11H2,1-2H3,(H,19,21);9-12H,1-7H2,(H,15,18)(H,16,20);/q;-2;. The van der Waals surface area contributed by atoms with Crippen LogP contribution in [0.3, 0.4) is 0 Å². The van der Waals surface area contributed by atoms with Crippen LogP contribution in [-0.4, -0.2) is 71.8 Å². The minimum absolute atomic E-state index is 0. The van der Waals surface area contributed by atoms with Gasteiger partial charge in [-0.2, -0.15) is 5.92 Å². The molecule has 3 N–H and O–H groups in total. The first-order valence-electron chi connectivity index (χ1n) is 15.7. The van der Waals surface area contributed by atoms with Crippen LogP contribution < -0.4 is 16.0 Å². The fourth-order valence-electron chi connectivity index (χ4n) is 6.47. The number of carbonyl (C=O) groups excluding carboxylic acids is 6. The van der Waals surface area contributed by atoms with Gasteiger partial charge in [-0.3, -0.25) is 30.3 Å². The quantitative estimate of drug-likeness (QED) is 0.151. The van der Waals surface area contributed by atoms with Gasteiger partial charge in [-0.05, 0) is 77.6 Å². The molecule has 0 aromatic heterocycles. The fourth-order valence-corrected chi connectivity index (χ4v) is 6.47. The van der Waals surface area contributed by atoms with Crippen molar-refractivity contribution in [1.82, 2.24) is 20.9 Å². The third kappa shape index (κ3) is 10.7. The van der Waals surface area contributed by atoms with E-state index in [2.05, 4.69) is 29.8 Å². The van der Waals surface area contributed by atoms with Crippen molar-refractivity contribution >= 4 is 36.2 Å². The number of hydrogen-bond donors (Lipinski definition) is 3. The van der Waals surface area contributed by atoms with E-state index in [9.17, 15) is 28.8 Å². The second kappa shape index (κ2) is 19.0. The smallest absolute Gasteiger partial charge is 0.289 e. The first-order valence-corrected chi connectivity index (χ1v) is 15.7. The maximum Gasteiger partial charge on any atom is 0.289 e.